The summed E-state index contributed by atoms with van der Waals surface area (Å²) < 4.78 is 5.32. The van der Waals surface area contributed by atoms with Gasteiger partial charge in [0.2, 0.25) is 0 Å². The van der Waals surface area contributed by atoms with Crippen LogP contribution in [0.3, 0.4) is 0 Å². The molecule has 0 fully saturated rings. The predicted molar refractivity (Wildman–Crippen MR) is 109 cm³/mol. The summed E-state index contributed by atoms with van der Waals surface area (Å²) in [5.41, 5.74) is 2.30. The summed E-state index contributed by atoms with van der Waals surface area (Å²) in [6.45, 7) is 6.41. The van der Waals surface area contributed by atoms with Gasteiger partial charge in [-0.3, -0.25) is 9.59 Å². The van der Waals surface area contributed by atoms with E-state index in [9.17, 15) is 9.59 Å². The van der Waals surface area contributed by atoms with E-state index < -0.39 is 0 Å². The number of methoxy groups -OCH3 is 1. The molecule has 0 atom stereocenters. The Bertz CT molecular complexity index is 815. The first-order valence-electron chi connectivity index (χ1n) is 9.07. The molecule has 5 nitrogen and oxygen atoms in total. The largest absolute Gasteiger partial charge is 0.496 e. The van der Waals surface area contributed by atoms with E-state index in [1.165, 1.54) is 0 Å². The SMILES string of the molecule is C=CCc1cc(C(=O)Nc2ccccc2C(=O)NCCCC)ccc1OC. The number of allylic oxidation sites excluding steroid dienone is 1. The van der Waals surface area contributed by atoms with Crippen LogP contribution in [0.1, 0.15) is 46.0 Å². The highest BCUT2D eigenvalue weighted by atomic mass is 16.5. The van der Waals surface area contributed by atoms with Gasteiger partial charge in [-0.25, -0.2) is 0 Å². The van der Waals surface area contributed by atoms with Crippen LogP contribution in [0.4, 0.5) is 5.69 Å². The monoisotopic (exact) mass is 366 g/mol. The number of benzene rings is 2. The second kappa shape index (κ2) is 10.2. The van der Waals surface area contributed by atoms with Crippen LogP contribution >= 0.6 is 0 Å². The van der Waals surface area contributed by atoms with Gasteiger partial charge in [-0.2, -0.15) is 0 Å². The number of hydrogen-bond acceptors (Lipinski definition) is 3. The fourth-order valence-electron chi connectivity index (χ4n) is 2.69. The number of ether oxygens (including phenoxy) is 1. The molecule has 0 aliphatic rings. The molecule has 0 heterocycles. The van der Waals surface area contributed by atoms with Gasteiger partial charge in [-0.15, -0.1) is 6.58 Å². The summed E-state index contributed by atoms with van der Waals surface area (Å²) in [7, 11) is 1.59. The average Bonchev–Trinajstić information content (AvgIpc) is 2.68. The van der Waals surface area contributed by atoms with Crippen LogP contribution in [0.2, 0.25) is 0 Å². The van der Waals surface area contributed by atoms with Crippen LogP contribution in [0.25, 0.3) is 0 Å². The van der Waals surface area contributed by atoms with Gasteiger partial charge >= 0.3 is 0 Å². The molecule has 27 heavy (non-hydrogen) atoms. The third-order valence-corrected chi connectivity index (χ3v) is 4.14. The number of amides is 2. The molecule has 0 unspecified atom stereocenters. The van der Waals surface area contributed by atoms with Crippen LogP contribution in [0.5, 0.6) is 5.75 Å². The van der Waals surface area contributed by atoms with E-state index in [-0.39, 0.29) is 11.8 Å². The molecule has 142 valence electrons. The van der Waals surface area contributed by atoms with Crippen molar-refractivity contribution in [2.45, 2.75) is 26.2 Å². The van der Waals surface area contributed by atoms with Crippen LogP contribution in [0.15, 0.2) is 55.1 Å². The summed E-state index contributed by atoms with van der Waals surface area (Å²) in [5, 5.41) is 5.71. The first-order valence-corrected chi connectivity index (χ1v) is 9.07. The van der Waals surface area contributed by atoms with Gasteiger partial charge in [-0.1, -0.05) is 31.6 Å². The van der Waals surface area contributed by atoms with E-state index in [1.54, 1.807) is 55.7 Å². The number of nitrogens with one attached hydrogen (secondary N) is 2. The van der Waals surface area contributed by atoms with Gasteiger partial charge < -0.3 is 15.4 Å². The van der Waals surface area contributed by atoms with Crippen molar-refractivity contribution in [2.24, 2.45) is 0 Å². The Morgan fingerprint density at radius 3 is 2.63 bits per heavy atom. The summed E-state index contributed by atoms with van der Waals surface area (Å²) in [6.07, 6.45) is 4.28. The molecule has 2 aromatic carbocycles. The van der Waals surface area contributed by atoms with Gasteiger partial charge in [0.25, 0.3) is 11.8 Å². The van der Waals surface area contributed by atoms with Crippen molar-refractivity contribution in [3.63, 3.8) is 0 Å². The van der Waals surface area contributed by atoms with Crippen LogP contribution < -0.4 is 15.4 Å². The van der Waals surface area contributed by atoms with E-state index in [0.717, 1.165) is 18.4 Å². The molecule has 0 saturated carbocycles. The van der Waals surface area contributed by atoms with Crippen LogP contribution in [-0.4, -0.2) is 25.5 Å². The molecule has 2 amide bonds. The normalized spacial score (nSPS) is 10.1. The molecule has 2 rings (SSSR count). The quantitative estimate of drug-likeness (QED) is 0.516. The molecule has 0 aromatic heterocycles. The summed E-state index contributed by atoms with van der Waals surface area (Å²) in [6, 6.07) is 12.2. The number of carbonyl (C=O) groups excluding carboxylic acids is 2. The smallest absolute Gasteiger partial charge is 0.255 e. The first-order chi connectivity index (χ1) is 13.1. The van der Waals surface area contributed by atoms with Gasteiger partial charge in [0.15, 0.2) is 0 Å². The van der Waals surface area contributed by atoms with Gasteiger partial charge in [0.1, 0.15) is 5.75 Å². The summed E-state index contributed by atoms with van der Waals surface area (Å²) in [5.74, 6) is 0.236. The van der Waals surface area contributed by atoms with Crippen molar-refractivity contribution in [1.82, 2.24) is 5.32 Å². The van der Waals surface area contributed by atoms with Crippen molar-refractivity contribution < 1.29 is 14.3 Å². The Morgan fingerprint density at radius 2 is 1.93 bits per heavy atom. The third kappa shape index (κ3) is 5.45. The predicted octanol–water partition coefficient (Wildman–Crippen LogP) is 4.21. The second-order valence-electron chi connectivity index (χ2n) is 6.13. The highest BCUT2D eigenvalue weighted by Crippen LogP contribution is 2.22. The van der Waals surface area contributed by atoms with E-state index in [2.05, 4.69) is 24.1 Å². The van der Waals surface area contributed by atoms with Crippen molar-refractivity contribution in [3.05, 3.63) is 71.8 Å². The molecule has 5 heteroatoms. The lowest BCUT2D eigenvalue weighted by atomic mass is 10.1. The summed E-state index contributed by atoms with van der Waals surface area (Å²) in [4.78, 5) is 25.1. The Kier molecular flexibility index (Phi) is 7.62. The van der Waals surface area contributed by atoms with Crippen molar-refractivity contribution in [2.75, 3.05) is 19.0 Å². The molecule has 2 N–H and O–H groups in total. The van der Waals surface area contributed by atoms with E-state index in [4.69, 9.17) is 4.74 Å². The molecule has 0 radical (unpaired) electrons. The molecule has 0 saturated heterocycles. The lowest BCUT2D eigenvalue weighted by molar-refractivity contribution is 0.0954. The highest BCUT2D eigenvalue weighted by molar-refractivity contribution is 6.09. The van der Waals surface area contributed by atoms with E-state index in [0.29, 0.717) is 35.5 Å². The number of anilines is 1. The van der Waals surface area contributed by atoms with E-state index >= 15 is 0 Å². The van der Waals surface area contributed by atoms with Crippen LogP contribution in [-0.2, 0) is 6.42 Å². The number of para-hydroxylation sites is 1. The number of rotatable bonds is 9. The fraction of sp³-hybridized carbons (Fsp3) is 0.273. The Morgan fingerprint density at radius 1 is 1.15 bits per heavy atom. The number of unbranched alkanes of at least 4 members (excludes halogenated alkanes) is 1. The molecular weight excluding hydrogens is 340 g/mol. The topological polar surface area (TPSA) is 67.4 Å². The van der Waals surface area contributed by atoms with Crippen molar-refractivity contribution >= 4 is 17.5 Å². The molecule has 0 bridgehead atoms. The lowest BCUT2D eigenvalue weighted by Crippen LogP contribution is -2.26. The zero-order chi connectivity index (χ0) is 19.6. The standard InChI is InChI=1S/C22H26N2O3/c1-4-6-14-23-22(26)18-10-7-8-11-19(18)24-21(25)17-12-13-20(27-3)16(15-17)9-5-2/h5,7-8,10-13,15H,2,4,6,9,14H2,1,3H3,(H,23,26)(H,24,25). The maximum absolute atomic E-state index is 12.7. The molecule has 0 aliphatic carbocycles. The minimum Gasteiger partial charge on any atom is -0.496 e. The number of hydrogen-bond donors (Lipinski definition) is 2. The average molecular weight is 366 g/mol. The third-order valence-electron chi connectivity index (χ3n) is 4.14. The first kappa shape index (κ1) is 20.2. The fourth-order valence-corrected chi connectivity index (χ4v) is 2.69. The Balaban J connectivity index is 2.20. The zero-order valence-electron chi connectivity index (χ0n) is 15.9. The van der Waals surface area contributed by atoms with Gasteiger partial charge in [-0.05, 0) is 48.7 Å². The van der Waals surface area contributed by atoms with Gasteiger partial charge in [0, 0.05) is 12.1 Å². The van der Waals surface area contributed by atoms with Crippen molar-refractivity contribution in [1.29, 1.82) is 0 Å². The Labute approximate surface area is 160 Å². The summed E-state index contributed by atoms with van der Waals surface area (Å²) >= 11 is 0. The highest BCUT2D eigenvalue weighted by Gasteiger charge is 2.15. The minimum absolute atomic E-state index is 0.193. The molecular formula is C22H26N2O3. The maximum atomic E-state index is 12.7. The van der Waals surface area contributed by atoms with Crippen molar-refractivity contribution in [3.8, 4) is 5.75 Å². The zero-order valence-corrected chi connectivity index (χ0v) is 15.9. The van der Waals surface area contributed by atoms with Crippen LogP contribution in [0, 0.1) is 0 Å². The molecule has 0 aliphatic heterocycles. The minimum atomic E-state index is -0.281. The lowest BCUT2D eigenvalue weighted by Gasteiger charge is -2.13. The Hall–Kier alpha value is -3.08. The molecule has 2 aromatic rings. The van der Waals surface area contributed by atoms with Gasteiger partial charge in [0.05, 0.1) is 18.4 Å². The maximum Gasteiger partial charge on any atom is 0.255 e. The second-order valence-corrected chi connectivity index (χ2v) is 6.13. The number of carbonyl (C=O) groups is 2. The molecule has 0 spiro atoms. The van der Waals surface area contributed by atoms with E-state index in [1.807, 2.05) is 0 Å².